The zero-order valence-corrected chi connectivity index (χ0v) is 8.95. The first kappa shape index (κ1) is 16.0. The van der Waals surface area contributed by atoms with E-state index in [1.807, 2.05) is 0 Å². The lowest BCUT2D eigenvalue weighted by molar-refractivity contribution is -0.144. The molecule has 0 rings (SSSR count). The third kappa shape index (κ3) is 9.91. The Balaban J connectivity index is 3.83. The van der Waals surface area contributed by atoms with E-state index in [9.17, 15) is 31.1 Å². The largest absolute Gasteiger partial charge is 0.401 e. The van der Waals surface area contributed by atoms with Gasteiger partial charge in [0.15, 0.2) is 0 Å². The molecule has 0 fully saturated rings. The fourth-order valence-electron chi connectivity index (χ4n) is 0.865. The summed E-state index contributed by atoms with van der Waals surface area (Å²) in [6.07, 6.45) is -10.0. The van der Waals surface area contributed by atoms with Gasteiger partial charge in [0.05, 0.1) is 19.5 Å². The first-order valence-electron chi connectivity index (χ1n) is 4.59. The van der Waals surface area contributed by atoms with Crippen molar-refractivity contribution in [3.05, 3.63) is 0 Å². The van der Waals surface area contributed by atoms with Gasteiger partial charge in [-0.25, -0.2) is 0 Å². The van der Waals surface area contributed by atoms with Gasteiger partial charge >= 0.3 is 12.4 Å². The van der Waals surface area contributed by atoms with Crippen molar-refractivity contribution in [2.24, 2.45) is 0 Å². The number of hydrogen-bond acceptors (Lipinski definition) is 2. The Morgan fingerprint density at radius 1 is 1.12 bits per heavy atom. The molecule has 102 valence electrons. The van der Waals surface area contributed by atoms with Gasteiger partial charge < -0.3 is 10.2 Å². The Kier molecular flexibility index (Phi) is 5.73. The minimum absolute atomic E-state index is 0.573. The summed E-state index contributed by atoms with van der Waals surface area (Å²) in [6, 6.07) is 0. The number of halogens is 6. The maximum Gasteiger partial charge on any atom is 0.401 e. The number of hydrogen-bond donors (Lipinski definition) is 1. The predicted octanol–water partition coefficient (Wildman–Crippen LogP) is 1.55. The van der Waals surface area contributed by atoms with E-state index in [4.69, 9.17) is 0 Å². The van der Waals surface area contributed by atoms with Crippen LogP contribution in [0.2, 0.25) is 0 Å². The number of nitrogens with one attached hydrogen (secondary N) is 1. The van der Waals surface area contributed by atoms with Crippen LogP contribution >= 0.6 is 0 Å². The predicted molar refractivity (Wildman–Crippen MR) is 47.2 cm³/mol. The monoisotopic (exact) mass is 266 g/mol. The van der Waals surface area contributed by atoms with Gasteiger partial charge in [-0.2, -0.15) is 26.3 Å². The Bertz CT molecular complexity index is 249. The molecule has 0 aliphatic heterocycles. The number of rotatable bonds is 5. The lowest BCUT2D eigenvalue weighted by Gasteiger charge is -2.18. The summed E-state index contributed by atoms with van der Waals surface area (Å²) in [4.78, 5) is 11.8. The lowest BCUT2D eigenvalue weighted by atomic mass is 10.3. The first-order chi connectivity index (χ1) is 7.51. The molecule has 1 amide bonds. The topological polar surface area (TPSA) is 32.3 Å². The SMILES string of the molecule is CN(CCC(F)(F)F)C(=O)CNCC(F)(F)F. The second-order valence-corrected chi connectivity index (χ2v) is 3.40. The molecule has 0 aliphatic carbocycles. The molecule has 0 saturated heterocycles. The van der Waals surface area contributed by atoms with Crippen molar-refractivity contribution >= 4 is 5.91 Å². The number of carbonyl (C=O) groups excluding carboxylic acids is 1. The molecule has 0 aliphatic rings. The summed E-state index contributed by atoms with van der Waals surface area (Å²) in [7, 11) is 1.10. The van der Waals surface area contributed by atoms with Crippen molar-refractivity contribution in [2.75, 3.05) is 26.7 Å². The van der Waals surface area contributed by atoms with Crippen molar-refractivity contribution in [3.63, 3.8) is 0 Å². The van der Waals surface area contributed by atoms with Crippen LogP contribution in [0.1, 0.15) is 6.42 Å². The Morgan fingerprint density at radius 3 is 2.06 bits per heavy atom. The summed E-state index contributed by atoms with van der Waals surface area (Å²) in [5, 5.41) is 1.81. The fourth-order valence-corrected chi connectivity index (χ4v) is 0.865. The molecule has 0 radical (unpaired) electrons. The Labute approximate surface area is 93.8 Å². The normalized spacial score (nSPS) is 12.6. The number of amides is 1. The van der Waals surface area contributed by atoms with Crippen molar-refractivity contribution in [2.45, 2.75) is 18.8 Å². The summed E-state index contributed by atoms with van der Waals surface area (Å²) in [5.41, 5.74) is 0. The molecule has 0 bridgehead atoms. The molecule has 1 N–H and O–H groups in total. The highest BCUT2D eigenvalue weighted by atomic mass is 19.4. The second kappa shape index (κ2) is 6.08. The molecule has 0 aromatic rings. The van der Waals surface area contributed by atoms with Crippen LogP contribution < -0.4 is 5.32 Å². The number of likely N-dealkylation sites (N-methyl/N-ethyl adjacent to an activating group) is 1. The minimum Gasteiger partial charge on any atom is -0.344 e. The van der Waals surface area contributed by atoms with E-state index in [1.165, 1.54) is 0 Å². The van der Waals surface area contributed by atoms with Crippen molar-refractivity contribution in [3.8, 4) is 0 Å². The van der Waals surface area contributed by atoms with E-state index in [1.54, 1.807) is 5.32 Å². The highest BCUT2D eigenvalue weighted by Gasteiger charge is 2.29. The molecule has 0 heterocycles. The maximum absolute atomic E-state index is 11.8. The lowest BCUT2D eigenvalue weighted by Crippen LogP contribution is -2.40. The van der Waals surface area contributed by atoms with Gasteiger partial charge in [0.25, 0.3) is 0 Å². The van der Waals surface area contributed by atoms with Crippen molar-refractivity contribution in [1.29, 1.82) is 0 Å². The van der Waals surface area contributed by atoms with E-state index < -0.39 is 44.3 Å². The van der Waals surface area contributed by atoms with Gasteiger partial charge in [0, 0.05) is 13.6 Å². The molecule has 17 heavy (non-hydrogen) atoms. The van der Waals surface area contributed by atoms with Gasteiger partial charge in [-0.15, -0.1) is 0 Å². The zero-order chi connectivity index (χ0) is 13.7. The van der Waals surface area contributed by atoms with Crippen molar-refractivity contribution < 1.29 is 31.1 Å². The summed E-state index contributed by atoms with van der Waals surface area (Å²) < 4.78 is 70.4. The fraction of sp³-hybridized carbons (Fsp3) is 0.875. The molecule has 0 saturated carbocycles. The van der Waals surface area contributed by atoms with E-state index in [0.29, 0.717) is 0 Å². The molecular formula is C8H12F6N2O. The number of alkyl halides is 6. The summed E-state index contributed by atoms with van der Waals surface area (Å²) in [5.74, 6) is -0.821. The van der Waals surface area contributed by atoms with Crippen LogP contribution in [0, 0.1) is 0 Å². The Hall–Kier alpha value is -0.990. The molecule has 0 aromatic carbocycles. The van der Waals surface area contributed by atoms with Crippen LogP contribution in [0.25, 0.3) is 0 Å². The van der Waals surface area contributed by atoms with Crippen LogP contribution in [0.4, 0.5) is 26.3 Å². The average Bonchev–Trinajstić information content (AvgIpc) is 2.10. The van der Waals surface area contributed by atoms with Crippen LogP contribution in [0.5, 0.6) is 0 Å². The zero-order valence-electron chi connectivity index (χ0n) is 8.95. The molecule has 9 heteroatoms. The van der Waals surface area contributed by atoms with Crippen LogP contribution in [0.15, 0.2) is 0 Å². The molecule has 3 nitrogen and oxygen atoms in total. The quantitative estimate of drug-likeness (QED) is 0.766. The summed E-state index contributed by atoms with van der Waals surface area (Å²) >= 11 is 0. The average molecular weight is 266 g/mol. The number of carbonyl (C=O) groups is 1. The van der Waals surface area contributed by atoms with Gasteiger partial charge in [0.1, 0.15) is 0 Å². The Morgan fingerprint density at radius 2 is 1.65 bits per heavy atom. The van der Waals surface area contributed by atoms with Crippen molar-refractivity contribution in [1.82, 2.24) is 10.2 Å². The molecule has 0 unspecified atom stereocenters. The first-order valence-corrected chi connectivity index (χ1v) is 4.59. The van der Waals surface area contributed by atoms with E-state index in [2.05, 4.69) is 0 Å². The van der Waals surface area contributed by atoms with Gasteiger partial charge in [-0.3, -0.25) is 4.79 Å². The molecule has 0 aromatic heterocycles. The third-order valence-corrected chi connectivity index (χ3v) is 1.76. The highest BCUT2D eigenvalue weighted by molar-refractivity contribution is 5.77. The molecule has 0 atom stereocenters. The third-order valence-electron chi connectivity index (χ3n) is 1.76. The van der Waals surface area contributed by atoms with E-state index in [-0.39, 0.29) is 0 Å². The van der Waals surface area contributed by atoms with Crippen LogP contribution in [-0.4, -0.2) is 49.8 Å². The number of nitrogens with zero attached hydrogens (tertiary/aromatic N) is 1. The van der Waals surface area contributed by atoms with Crippen LogP contribution in [0.3, 0.4) is 0 Å². The van der Waals surface area contributed by atoms with E-state index >= 15 is 0 Å². The summed E-state index contributed by atoms with van der Waals surface area (Å²) in [6.45, 7) is -2.57. The second-order valence-electron chi connectivity index (χ2n) is 3.40. The van der Waals surface area contributed by atoms with E-state index in [0.717, 1.165) is 11.9 Å². The smallest absolute Gasteiger partial charge is 0.344 e. The van der Waals surface area contributed by atoms with Crippen LogP contribution in [-0.2, 0) is 4.79 Å². The van der Waals surface area contributed by atoms with Gasteiger partial charge in [-0.05, 0) is 0 Å². The molecular weight excluding hydrogens is 254 g/mol. The minimum atomic E-state index is -4.45. The highest BCUT2D eigenvalue weighted by Crippen LogP contribution is 2.19. The molecule has 0 spiro atoms. The van der Waals surface area contributed by atoms with Gasteiger partial charge in [0.2, 0.25) is 5.91 Å². The maximum atomic E-state index is 11.8. The standard InChI is InChI=1S/C8H12F6N2O/c1-16(3-2-7(9,10)11)6(17)4-15-5-8(12,13)14/h15H,2-5H2,1H3. The van der Waals surface area contributed by atoms with Gasteiger partial charge in [-0.1, -0.05) is 0 Å².